The van der Waals surface area contributed by atoms with Crippen LogP contribution in [0.2, 0.25) is 0 Å². The summed E-state index contributed by atoms with van der Waals surface area (Å²) in [4.78, 5) is 22.9. The average molecular weight is 389 g/mol. The number of nitrogens with one attached hydrogen (secondary N) is 2. The van der Waals surface area contributed by atoms with Crippen LogP contribution in [-0.2, 0) is 20.9 Å². The van der Waals surface area contributed by atoms with Gasteiger partial charge >= 0.3 is 6.09 Å². The minimum atomic E-state index is -0.586. The number of ether oxygens (including phenoxy) is 2. The fourth-order valence-electron chi connectivity index (χ4n) is 2.53. The van der Waals surface area contributed by atoms with Crippen LogP contribution in [0.4, 0.5) is 4.79 Å². The summed E-state index contributed by atoms with van der Waals surface area (Å²) in [5.74, 6) is 0.482. The smallest absolute Gasteiger partial charge is 0.407 e. The molecule has 0 radical (unpaired) electrons. The van der Waals surface area contributed by atoms with Crippen molar-refractivity contribution in [1.82, 2.24) is 10.6 Å². The van der Waals surface area contributed by atoms with Crippen molar-refractivity contribution >= 4 is 12.5 Å². The van der Waals surface area contributed by atoms with Crippen molar-refractivity contribution in [2.24, 2.45) is 5.92 Å². The van der Waals surface area contributed by atoms with Crippen LogP contribution < -0.4 is 10.6 Å². The number of hydrogen-bond donors (Lipinski definition) is 2. The van der Waals surface area contributed by atoms with E-state index in [9.17, 15) is 9.59 Å². The Morgan fingerprint density at radius 3 is 2.39 bits per heavy atom. The fraction of sp³-hybridized carbons (Fsp3) is 0.455. The molecule has 0 fully saturated rings. The van der Waals surface area contributed by atoms with Gasteiger partial charge in [-0.15, -0.1) is 0 Å². The minimum absolute atomic E-state index is 0.0936. The molecule has 0 aromatic heterocycles. The first-order chi connectivity index (χ1) is 13.2. The molecule has 0 bridgehead atoms. The third-order valence-electron chi connectivity index (χ3n) is 4.19. The van der Waals surface area contributed by atoms with Crippen LogP contribution in [0.25, 0.3) is 0 Å². The molecule has 6 nitrogen and oxygen atoms in total. The number of rotatable bonds is 10. The van der Waals surface area contributed by atoms with E-state index in [4.69, 9.17) is 9.47 Å². The predicted molar refractivity (Wildman–Crippen MR) is 111 cm³/mol. The van der Waals surface area contributed by atoms with Crippen molar-refractivity contribution in [3.8, 4) is 0 Å². The largest absolute Gasteiger partial charge is 0.489 e. The van der Waals surface area contributed by atoms with Gasteiger partial charge in [0.05, 0.1) is 0 Å². The van der Waals surface area contributed by atoms with Gasteiger partial charge in [0.25, 0.3) is 0 Å². The van der Waals surface area contributed by atoms with Crippen LogP contribution in [0.3, 0.4) is 0 Å². The molecule has 2 atom stereocenters. The van der Waals surface area contributed by atoms with Gasteiger partial charge in [0.15, 0.2) is 0 Å². The zero-order chi connectivity index (χ0) is 21.2. The Kier molecular flexibility index (Phi) is 9.28. The van der Waals surface area contributed by atoms with Gasteiger partial charge in [-0.05, 0) is 44.9 Å². The first kappa shape index (κ1) is 23.3. The number of carbonyl (C=O) groups excluding carboxylic acids is 2. The summed E-state index contributed by atoms with van der Waals surface area (Å²) in [6.07, 6.45) is 1.78. The summed E-state index contributed by atoms with van der Waals surface area (Å²) in [6.45, 7) is 13.7. The Labute approximate surface area is 168 Å². The van der Waals surface area contributed by atoms with E-state index in [2.05, 4.69) is 17.2 Å². The van der Waals surface area contributed by atoms with E-state index in [0.717, 1.165) is 11.1 Å². The van der Waals surface area contributed by atoms with Crippen LogP contribution in [0, 0.1) is 5.92 Å². The quantitative estimate of drug-likeness (QED) is 0.362. The molecular weight excluding hydrogens is 356 g/mol. The number of amides is 2. The zero-order valence-electron chi connectivity index (χ0n) is 17.5. The lowest BCUT2D eigenvalue weighted by atomic mass is 9.92. The minimum Gasteiger partial charge on any atom is -0.489 e. The Bertz CT molecular complexity index is 678. The number of hydrogen-bond acceptors (Lipinski definition) is 4. The lowest BCUT2D eigenvalue weighted by Gasteiger charge is -2.26. The molecule has 0 spiro atoms. The van der Waals surface area contributed by atoms with Gasteiger partial charge in [0, 0.05) is 18.5 Å². The molecule has 2 N–H and O–H groups in total. The molecule has 6 heteroatoms. The number of alkyl carbamates (subject to hydrolysis) is 1. The molecule has 0 aliphatic carbocycles. The molecule has 0 aliphatic heterocycles. The third-order valence-corrected chi connectivity index (χ3v) is 4.19. The Balaban J connectivity index is 3.00. The standard InChI is InChI=1S/C22H32N2O4/c1-7-20(27-14-18-11-9-8-10-12-18)19(16(2)17(3)24-15-25)13-23-21(26)28-22(4,5)6/h7-12,15-17H,1,13-14H2,2-6H3,(H,23,26)(H,24,25)/b20-19+/t16?,17-/m0/s1. The summed E-state index contributed by atoms with van der Waals surface area (Å²) < 4.78 is 11.3. The van der Waals surface area contributed by atoms with Crippen LogP contribution in [0.5, 0.6) is 0 Å². The molecular formula is C22H32N2O4. The summed E-state index contributed by atoms with van der Waals surface area (Å²) in [6, 6.07) is 9.62. The maximum Gasteiger partial charge on any atom is 0.407 e. The maximum absolute atomic E-state index is 12.1. The average Bonchev–Trinajstić information content (AvgIpc) is 2.63. The normalized spacial score (nSPS) is 14.2. The topological polar surface area (TPSA) is 76.7 Å². The summed E-state index contributed by atoms with van der Waals surface area (Å²) in [7, 11) is 0. The lowest BCUT2D eigenvalue weighted by Crippen LogP contribution is -2.38. The highest BCUT2D eigenvalue weighted by Gasteiger charge is 2.22. The summed E-state index contributed by atoms with van der Waals surface area (Å²) >= 11 is 0. The molecule has 1 aromatic rings. The van der Waals surface area contributed by atoms with Gasteiger partial charge in [-0.2, -0.15) is 0 Å². The molecule has 154 valence electrons. The highest BCUT2D eigenvalue weighted by Crippen LogP contribution is 2.21. The highest BCUT2D eigenvalue weighted by atomic mass is 16.6. The second-order valence-electron chi connectivity index (χ2n) is 7.59. The maximum atomic E-state index is 12.1. The second kappa shape index (κ2) is 11.2. The monoisotopic (exact) mass is 388 g/mol. The van der Waals surface area contributed by atoms with Crippen LogP contribution in [0.15, 0.2) is 54.3 Å². The summed E-state index contributed by atoms with van der Waals surface area (Å²) in [5, 5.41) is 5.52. The SMILES string of the molecule is C=C/C(OCc1ccccc1)=C(/CNC(=O)OC(C)(C)C)C(C)[C@H](C)NC=O. The van der Waals surface area contributed by atoms with Gasteiger partial charge in [-0.3, -0.25) is 4.79 Å². The molecule has 1 aromatic carbocycles. The molecule has 1 unspecified atom stereocenters. The summed E-state index contributed by atoms with van der Waals surface area (Å²) in [5.41, 5.74) is 1.25. The van der Waals surface area contributed by atoms with Gasteiger partial charge in [-0.25, -0.2) is 4.79 Å². The number of allylic oxidation sites excluding steroid dienone is 1. The molecule has 1 rings (SSSR count). The molecule has 0 saturated heterocycles. The van der Waals surface area contributed by atoms with Gasteiger partial charge < -0.3 is 20.1 Å². The third kappa shape index (κ3) is 8.29. The molecule has 2 amide bonds. The Morgan fingerprint density at radius 2 is 1.86 bits per heavy atom. The zero-order valence-corrected chi connectivity index (χ0v) is 17.5. The van der Waals surface area contributed by atoms with Crippen LogP contribution in [-0.4, -0.2) is 30.7 Å². The van der Waals surface area contributed by atoms with Crippen LogP contribution >= 0.6 is 0 Å². The fourth-order valence-corrected chi connectivity index (χ4v) is 2.53. The van der Waals surface area contributed by atoms with Crippen LogP contribution in [0.1, 0.15) is 40.2 Å². The van der Waals surface area contributed by atoms with E-state index in [1.807, 2.05) is 44.2 Å². The van der Waals surface area contributed by atoms with Crippen molar-refractivity contribution in [2.45, 2.75) is 52.9 Å². The van der Waals surface area contributed by atoms with E-state index in [1.54, 1.807) is 26.8 Å². The predicted octanol–water partition coefficient (Wildman–Crippen LogP) is 3.94. The molecule has 0 saturated carbocycles. The Morgan fingerprint density at radius 1 is 1.21 bits per heavy atom. The van der Waals surface area contributed by atoms with Gasteiger partial charge in [-0.1, -0.05) is 43.8 Å². The van der Waals surface area contributed by atoms with Gasteiger partial charge in [0.2, 0.25) is 6.41 Å². The molecule has 0 aliphatic rings. The van der Waals surface area contributed by atoms with E-state index in [-0.39, 0.29) is 18.5 Å². The van der Waals surface area contributed by atoms with Crippen molar-refractivity contribution in [3.63, 3.8) is 0 Å². The van der Waals surface area contributed by atoms with E-state index in [1.165, 1.54) is 0 Å². The van der Waals surface area contributed by atoms with E-state index >= 15 is 0 Å². The van der Waals surface area contributed by atoms with Crippen molar-refractivity contribution in [3.05, 3.63) is 59.9 Å². The number of benzene rings is 1. The van der Waals surface area contributed by atoms with E-state index < -0.39 is 11.7 Å². The number of carbonyl (C=O) groups is 2. The first-order valence-corrected chi connectivity index (χ1v) is 9.36. The van der Waals surface area contributed by atoms with Crippen molar-refractivity contribution in [2.75, 3.05) is 6.54 Å². The second-order valence-corrected chi connectivity index (χ2v) is 7.59. The molecule has 28 heavy (non-hydrogen) atoms. The lowest BCUT2D eigenvalue weighted by molar-refractivity contribution is -0.110. The van der Waals surface area contributed by atoms with Crippen molar-refractivity contribution in [1.29, 1.82) is 0 Å². The molecule has 0 heterocycles. The first-order valence-electron chi connectivity index (χ1n) is 9.36. The Hall–Kier alpha value is -2.76. The van der Waals surface area contributed by atoms with E-state index in [0.29, 0.717) is 18.8 Å². The van der Waals surface area contributed by atoms with Crippen molar-refractivity contribution < 1.29 is 19.1 Å². The highest BCUT2D eigenvalue weighted by molar-refractivity contribution is 5.68. The van der Waals surface area contributed by atoms with Gasteiger partial charge in [0.1, 0.15) is 18.0 Å².